The van der Waals surface area contributed by atoms with Gasteiger partial charge in [0.1, 0.15) is 0 Å². The zero-order valence-corrected chi connectivity index (χ0v) is 11.4. The van der Waals surface area contributed by atoms with Gasteiger partial charge in [-0.15, -0.1) is 0 Å². The molecule has 1 heterocycles. The molecule has 2 N–H and O–H groups in total. The minimum absolute atomic E-state index is 0.132. The van der Waals surface area contributed by atoms with E-state index in [-0.39, 0.29) is 11.5 Å². The van der Waals surface area contributed by atoms with Crippen molar-refractivity contribution < 1.29 is 0 Å². The van der Waals surface area contributed by atoms with Crippen molar-refractivity contribution >= 4 is 0 Å². The second kappa shape index (κ2) is 4.58. The number of nitrogens with zero attached hydrogens (tertiary/aromatic N) is 2. The van der Waals surface area contributed by atoms with E-state index in [1.807, 2.05) is 6.92 Å². The molecule has 1 aromatic rings. The monoisotopic (exact) mass is 223 g/mol. The van der Waals surface area contributed by atoms with Gasteiger partial charge in [-0.2, -0.15) is 5.10 Å². The Morgan fingerprint density at radius 2 is 1.88 bits per heavy atom. The lowest BCUT2D eigenvalue weighted by atomic mass is 9.91. The largest absolute Gasteiger partial charge is 0.328 e. The Morgan fingerprint density at radius 1 is 1.31 bits per heavy atom. The number of aromatic nitrogens is 2. The fourth-order valence-electron chi connectivity index (χ4n) is 1.83. The first-order valence-electron chi connectivity index (χ1n) is 6.06. The van der Waals surface area contributed by atoms with Crippen LogP contribution in [-0.2, 0) is 11.8 Å². The van der Waals surface area contributed by atoms with Crippen LogP contribution >= 0.6 is 0 Å². The van der Waals surface area contributed by atoms with Crippen LogP contribution in [0.4, 0.5) is 0 Å². The standard InChI is InChI=1S/C13H25N3/c1-9(2)16-12(13(4,5)6)8-11(15-16)7-10(3)14/h8-10H,7,14H2,1-6H3. The smallest absolute Gasteiger partial charge is 0.0643 e. The second-order valence-electron chi connectivity index (χ2n) is 5.99. The van der Waals surface area contributed by atoms with E-state index in [4.69, 9.17) is 5.73 Å². The number of hydrogen-bond donors (Lipinski definition) is 1. The molecule has 0 amide bonds. The van der Waals surface area contributed by atoms with Gasteiger partial charge in [0.25, 0.3) is 0 Å². The van der Waals surface area contributed by atoms with Crippen molar-refractivity contribution in [2.75, 3.05) is 0 Å². The highest BCUT2D eigenvalue weighted by molar-refractivity contribution is 5.19. The van der Waals surface area contributed by atoms with Crippen LogP contribution in [0.1, 0.15) is 59.0 Å². The predicted molar refractivity (Wildman–Crippen MR) is 68.7 cm³/mol. The molecule has 0 aliphatic heterocycles. The van der Waals surface area contributed by atoms with Crippen molar-refractivity contribution in [2.45, 2.75) is 65.5 Å². The molecular weight excluding hydrogens is 198 g/mol. The lowest BCUT2D eigenvalue weighted by molar-refractivity contribution is 0.444. The number of nitrogens with two attached hydrogens (primary N) is 1. The van der Waals surface area contributed by atoms with Crippen LogP contribution in [0.2, 0.25) is 0 Å². The highest BCUT2D eigenvalue weighted by atomic mass is 15.3. The Balaban J connectivity index is 3.11. The van der Waals surface area contributed by atoms with Gasteiger partial charge < -0.3 is 5.73 Å². The van der Waals surface area contributed by atoms with Crippen LogP contribution in [0.3, 0.4) is 0 Å². The summed E-state index contributed by atoms with van der Waals surface area (Å²) in [4.78, 5) is 0. The molecule has 0 aliphatic carbocycles. The Labute approximate surface area is 99.0 Å². The van der Waals surface area contributed by atoms with Gasteiger partial charge in [-0.05, 0) is 26.8 Å². The van der Waals surface area contributed by atoms with Gasteiger partial charge in [0.15, 0.2) is 0 Å². The van der Waals surface area contributed by atoms with Crippen molar-refractivity contribution in [1.82, 2.24) is 9.78 Å². The molecular formula is C13H25N3. The van der Waals surface area contributed by atoms with Gasteiger partial charge in [0.2, 0.25) is 0 Å². The van der Waals surface area contributed by atoms with E-state index < -0.39 is 0 Å². The van der Waals surface area contributed by atoms with Gasteiger partial charge in [-0.3, -0.25) is 4.68 Å². The number of hydrogen-bond acceptors (Lipinski definition) is 2. The van der Waals surface area contributed by atoms with E-state index >= 15 is 0 Å². The summed E-state index contributed by atoms with van der Waals surface area (Å²) in [6, 6.07) is 2.77. The van der Waals surface area contributed by atoms with E-state index in [0.29, 0.717) is 6.04 Å². The maximum atomic E-state index is 5.82. The first-order chi connectivity index (χ1) is 7.21. The SMILES string of the molecule is CC(N)Cc1cc(C(C)(C)C)n(C(C)C)n1. The summed E-state index contributed by atoms with van der Waals surface area (Å²) in [5.74, 6) is 0. The zero-order valence-electron chi connectivity index (χ0n) is 11.4. The third-order valence-corrected chi connectivity index (χ3v) is 2.58. The Morgan fingerprint density at radius 3 is 2.19 bits per heavy atom. The van der Waals surface area contributed by atoms with Crippen LogP contribution in [0.5, 0.6) is 0 Å². The topological polar surface area (TPSA) is 43.8 Å². The van der Waals surface area contributed by atoms with E-state index in [9.17, 15) is 0 Å². The van der Waals surface area contributed by atoms with Gasteiger partial charge in [-0.25, -0.2) is 0 Å². The molecule has 1 rings (SSSR count). The molecule has 0 bridgehead atoms. The van der Waals surface area contributed by atoms with Crippen LogP contribution in [0.15, 0.2) is 6.07 Å². The molecule has 16 heavy (non-hydrogen) atoms. The summed E-state index contributed by atoms with van der Waals surface area (Å²) in [7, 11) is 0. The third kappa shape index (κ3) is 3.08. The fraction of sp³-hybridized carbons (Fsp3) is 0.769. The van der Waals surface area contributed by atoms with Gasteiger partial charge in [0, 0.05) is 29.6 Å². The first kappa shape index (κ1) is 13.2. The maximum absolute atomic E-state index is 5.82. The maximum Gasteiger partial charge on any atom is 0.0643 e. The molecule has 0 saturated heterocycles. The van der Waals surface area contributed by atoms with Crippen LogP contribution in [0, 0.1) is 0 Å². The molecule has 3 nitrogen and oxygen atoms in total. The molecule has 0 aliphatic rings. The van der Waals surface area contributed by atoms with E-state index in [2.05, 4.69) is 50.5 Å². The van der Waals surface area contributed by atoms with Crippen LogP contribution < -0.4 is 5.73 Å². The molecule has 0 fully saturated rings. The molecule has 0 radical (unpaired) electrons. The molecule has 0 saturated carbocycles. The van der Waals surface area contributed by atoms with E-state index in [1.165, 1.54) is 5.69 Å². The molecule has 92 valence electrons. The molecule has 0 aromatic carbocycles. The van der Waals surface area contributed by atoms with Gasteiger partial charge in [-0.1, -0.05) is 20.8 Å². The van der Waals surface area contributed by atoms with Crippen LogP contribution in [-0.4, -0.2) is 15.8 Å². The Bertz CT molecular complexity index is 343. The van der Waals surface area contributed by atoms with Crippen molar-refractivity contribution in [3.05, 3.63) is 17.5 Å². The summed E-state index contributed by atoms with van der Waals surface area (Å²) in [6.07, 6.45) is 0.850. The molecule has 1 unspecified atom stereocenters. The second-order valence-corrected chi connectivity index (χ2v) is 5.99. The highest BCUT2D eigenvalue weighted by Crippen LogP contribution is 2.25. The number of rotatable bonds is 3. The lowest BCUT2D eigenvalue weighted by Crippen LogP contribution is -2.19. The molecule has 0 spiro atoms. The van der Waals surface area contributed by atoms with Crippen molar-refractivity contribution in [1.29, 1.82) is 0 Å². The van der Waals surface area contributed by atoms with E-state index in [0.717, 1.165) is 12.1 Å². The quantitative estimate of drug-likeness (QED) is 0.856. The van der Waals surface area contributed by atoms with Crippen molar-refractivity contribution in [3.63, 3.8) is 0 Å². The molecule has 1 aromatic heterocycles. The van der Waals surface area contributed by atoms with Gasteiger partial charge in [0.05, 0.1) is 5.69 Å². The summed E-state index contributed by atoms with van der Waals surface area (Å²) in [5.41, 5.74) is 8.35. The summed E-state index contributed by atoms with van der Waals surface area (Å²) >= 11 is 0. The predicted octanol–water partition coefficient (Wildman–Crippen LogP) is 2.65. The summed E-state index contributed by atoms with van der Waals surface area (Å²) in [5, 5.41) is 4.65. The van der Waals surface area contributed by atoms with Crippen molar-refractivity contribution in [2.24, 2.45) is 5.73 Å². The molecule has 1 atom stereocenters. The lowest BCUT2D eigenvalue weighted by Gasteiger charge is -2.22. The average molecular weight is 223 g/mol. The average Bonchev–Trinajstić information content (AvgIpc) is 2.45. The first-order valence-corrected chi connectivity index (χ1v) is 6.06. The summed E-state index contributed by atoms with van der Waals surface area (Å²) in [6.45, 7) is 13.0. The minimum Gasteiger partial charge on any atom is -0.328 e. The third-order valence-electron chi connectivity index (χ3n) is 2.58. The Hall–Kier alpha value is -0.830. The van der Waals surface area contributed by atoms with E-state index in [1.54, 1.807) is 0 Å². The summed E-state index contributed by atoms with van der Waals surface area (Å²) < 4.78 is 2.12. The van der Waals surface area contributed by atoms with Crippen molar-refractivity contribution in [3.8, 4) is 0 Å². The van der Waals surface area contributed by atoms with Crippen LogP contribution in [0.25, 0.3) is 0 Å². The normalized spacial score (nSPS) is 14.5. The minimum atomic E-state index is 0.132. The Kier molecular flexibility index (Phi) is 3.79. The highest BCUT2D eigenvalue weighted by Gasteiger charge is 2.22. The molecule has 3 heteroatoms. The zero-order chi connectivity index (χ0) is 12.5. The van der Waals surface area contributed by atoms with Gasteiger partial charge >= 0.3 is 0 Å². The fourth-order valence-corrected chi connectivity index (χ4v) is 1.83.